The van der Waals surface area contributed by atoms with Crippen LogP contribution in [0.15, 0.2) is 6.07 Å². The van der Waals surface area contributed by atoms with Crippen LogP contribution in [0.4, 0.5) is 0 Å². The average molecular weight is 264 g/mol. The number of carbonyl (C=O) groups excluding carboxylic acids is 1. The van der Waals surface area contributed by atoms with Crippen LogP contribution in [0.3, 0.4) is 0 Å². The minimum Gasteiger partial charge on any atom is -0.458 e. The number of aromatic nitrogens is 1. The first-order valence-corrected chi connectivity index (χ1v) is 5.75. The fourth-order valence-corrected chi connectivity index (χ4v) is 1.85. The first-order valence-electron chi connectivity index (χ1n) is 4.99. The van der Waals surface area contributed by atoms with Crippen molar-refractivity contribution in [1.82, 2.24) is 4.98 Å². The van der Waals surface area contributed by atoms with E-state index in [9.17, 15) is 4.79 Å². The van der Waals surface area contributed by atoms with Gasteiger partial charge in [0.15, 0.2) is 0 Å². The predicted molar refractivity (Wildman–Crippen MR) is 60.1 cm³/mol. The molecule has 0 saturated carbocycles. The van der Waals surface area contributed by atoms with Crippen LogP contribution >= 0.6 is 23.2 Å². The predicted octanol–water partition coefficient (Wildman–Crippen LogP) is 2.66. The quantitative estimate of drug-likeness (QED) is 0.854. The average Bonchev–Trinajstić information content (AvgIpc) is 2.86. The molecule has 1 atom stereocenters. The van der Waals surface area contributed by atoms with Gasteiger partial charge in [-0.1, -0.05) is 23.2 Å². The monoisotopic (exact) mass is 263 g/mol. The molecule has 0 amide bonds. The number of aromatic amines is 1. The molecule has 0 radical (unpaired) electrons. The lowest BCUT2D eigenvalue weighted by atomic mass is 10.2. The summed E-state index contributed by atoms with van der Waals surface area (Å²) in [5, 5.41) is 0.552. The number of rotatable bonds is 3. The van der Waals surface area contributed by atoms with Gasteiger partial charge in [0.1, 0.15) is 17.5 Å². The van der Waals surface area contributed by atoms with Crippen LogP contribution < -0.4 is 0 Å². The summed E-state index contributed by atoms with van der Waals surface area (Å²) in [4.78, 5) is 14.2. The fraction of sp³-hybridized carbons (Fsp3) is 0.500. The summed E-state index contributed by atoms with van der Waals surface area (Å²) in [6, 6.07) is 1.45. The summed E-state index contributed by atoms with van der Waals surface area (Å²) >= 11 is 11.4. The minimum atomic E-state index is -0.468. The van der Waals surface area contributed by atoms with E-state index in [0.29, 0.717) is 5.02 Å². The Kier molecular flexibility index (Phi) is 3.74. The second kappa shape index (κ2) is 5.08. The van der Waals surface area contributed by atoms with Gasteiger partial charge in [0.2, 0.25) is 0 Å². The molecule has 0 aliphatic carbocycles. The molecule has 1 saturated heterocycles. The van der Waals surface area contributed by atoms with E-state index in [1.54, 1.807) is 0 Å². The van der Waals surface area contributed by atoms with E-state index in [4.69, 9.17) is 32.7 Å². The number of nitrogens with one attached hydrogen (secondary N) is 1. The Labute approximate surface area is 103 Å². The van der Waals surface area contributed by atoms with Crippen molar-refractivity contribution in [2.45, 2.75) is 18.9 Å². The Balaban J connectivity index is 1.87. The van der Waals surface area contributed by atoms with Crippen molar-refractivity contribution in [2.24, 2.45) is 0 Å². The first-order chi connectivity index (χ1) is 7.66. The normalized spacial score (nSPS) is 20.0. The second-order valence-corrected chi connectivity index (χ2v) is 4.36. The topological polar surface area (TPSA) is 51.3 Å². The van der Waals surface area contributed by atoms with Crippen molar-refractivity contribution in [2.75, 3.05) is 13.2 Å². The Morgan fingerprint density at radius 1 is 1.62 bits per heavy atom. The van der Waals surface area contributed by atoms with Gasteiger partial charge < -0.3 is 14.5 Å². The van der Waals surface area contributed by atoms with Gasteiger partial charge in [-0.2, -0.15) is 0 Å². The summed E-state index contributed by atoms with van der Waals surface area (Å²) in [5.41, 5.74) is 0.257. The lowest BCUT2D eigenvalue weighted by Crippen LogP contribution is -2.18. The van der Waals surface area contributed by atoms with Gasteiger partial charge in [0.05, 0.1) is 11.1 Å². The molecular formula is C10H11Cl2NO3. The summed E-state index contributed by atoms with van der Waals surface area (Å²) in [7, 11) is 0. The van der Waals surface area contributed by atoms with Crippen LogP contribution in [0.25, 0.3) is 0 Å². The van der Waals surface area contributed by atoms with Crippen molar-refractivity contribution in [1.29, 1.82) is 0 Å². The molecule has 1 N–H and O–H groups in total. The molecule has 0 spiro atoms. The number of esters is 1. The maximum atomic E-state index is 11.5. The summed E-state index contributed by atoms with van der Waals surface area (Å²) in [5.74, 6) is -0.468. The maximum absolute atomic E-state index is 11.5. The highest BCUT2D eigenvalue weighted by Gasteiger charge is 2.19. The number of halogens is 2. The fourth-order valence-electron chi connectivity index (χ4n) is 1.54. The molecule has 16 heavy (non-hydrogen) atoms. The highest BCUT2D eigenvalue weighted by Crippen LogP contribution is 2.22. The van der Waals surface area contributed by atoms with Gasteiger partial charge in [0, 0.05) is 6.61 Å². The van der Waals surface area contributed by atoms with Crippen LogP contribution in [0.1, 0.15) is 23.3 Å². The molecule has 0 aromatic carbocycles. The Morgan fingerprint density at radius 3 is 3.00 bits per heavy atom. The number of ether oxygens (including phenoxy) is 2. The van der Waals surface area contributed by atoms with Crippen LogP contribution in [0, 0.1) is 0 Å². The van der Waals surface area contributed by atoms with Gasteiger partial charge in [-0.05, 0) is 18.9 Å². The molecule has 1 unspecified atom stereocenters. The largest absolute Gasteiger partial charge is 0.458 e. The SMILES string of the molecule is O=C(OCC1CCCO1)c1cc(Cl)c(Cl)[nH]1. The van der Waals surface area contributed by atoms with E-state index in [-0.39, 0.29) is 23.6 Å². The zero-order valence-corrected chi connectivity index (χ0v) is 9.98. The third-order valence-electron chi connectivity index (χ3n) is 2.37. The van der Waals surface area contributed by atoms with E-state index in [1.807, 2.05) is 0 Å². The molecule has 6 heteroatoms. The highest BCUT2D eigenvalue weighted by atomic mass is 35.5. The second-order valence-electron chi connectivity index (χ2n) is 3.58. The van der Waals surface area contributed by atoms with E-state index in [0.717, 1.165) is 19.4 Å². The molecule has 4 nitrogen and oxygen atoms in total. The third-order valence-corrected chi connectivity index (χ3v) is 3.06. The molecular weight excluding hydrogens is 253 g/mol. The third kappa shape index (κ3) is 2.70. The van der Waals surface area contributed by atoms with Gasteiger partial charge in [-0.3, -0.25) is 0 Å². The van der Waals surface area contributed by atoms with Crippen molar-refractivity contribution in [3.8, 4) is 0 Å². The molecule has 1 aliphatic rings. The molecule has 1 aliphatic heterocycles. The number of hydrogen-bond acceptors (Lipinski definition) is 3. The van der Waals surface area contributed by atoms with Crippen LogP contribution in [-0.2, 0) is 9.47 Å². The van der Waals surface area contributed by atoms with E-state index in [2.05, 4.69) is 4.98 Å². The van der Waals surface area contributed by atoms with Crippen LogP contribution in [0.5, 0.6) is 0 Å². The molecule has 0 bridgehead atoms. The molecule has 2 rings (SSSR count). The Bertz CT molecular complexity index is 366. The standard InChI is InChI=1S/C10H11Cl2NO3/c11-7-4-8(13-9(7)12)10(14)16-5-6-2-1-3-15-6/h4,6,13H,1-3,5H2. The van der Waals surface area contributed by atoms with Crippen molar-refractivity contribution in [3.05, 3.63) is 21.9 Å². The van der Waals surface area contributed by atoms with Gasteiger partial charge in [-0.15, -0.1) is 0 Å². The van der Waals surface area contributed by atoms with Crippen molar-refractivity contribution < 1.29 is 14.3 Å². The zero-order valence-electron chi connectivity index (χ0n) is 8.46. The smallest absolute Gasteiger partial charge is 0.354 e. The van der Waals surface area contributed by atoms with Gasteiger partial charge in [0.25, 0.3) is 0 Å². The lowest BCUT2D eigenvalue weighted by Gasteiger charge is -2.09. The maximum Gasteiger partial charge on any atom is 0.354 e. The van der Waals surface area contributed by atoms with E-state index < -0.39 is 5.97 Å². The van der Waals surface area contributed by atoms with Crippen molar-refractivity contribution in [3.63, 3.8) is 0 Å². The summed E-state index contributed by atoms with van der Waals surface area (Å²) in [6.07, 6.45) is 1.96. The van der Waals surface area contributed by atoms with Crippen LogP contribution in [-0.4, -0.2) is 30.3 Å². The molecule has 1 aromatic rings. The van der Waals surface area contributed by atoms with Gasteiger partial charge in [-0.25, -0.2) is 4.79 Å². The number of hydrogen-bond donors (Lipinski definition) is 1. The first kappa shape index (κ1) is 11.8. The zero-order chi connectivity index (χ0) is 11.5. The lowest BCUT2D eigenvalue weighted by molar-refractivity contribution is 0.0157. The minimum absolute atomic E-state index is 0.0184. The molecule has 2 heterocycles. The number of carbonyl (C=O) groups is 1. The van der Waals surface area contributed by atoms with Crippen molar-refractivity contribution >= 4 is 29.2 Å². The molecule has 88 valence electrons. The highest BCUT2D eigenvalue weighted by molar-refractivity contribution is 6.41. The van der Waals surface area contributed by atoms with E-state index >= 15 is 0 Å². The molecule has 1 aromatic heterocycles. The molecule has 1 fully saturated rings. The summed E-state index contributed by atoms with van der Waals surface area (Å²) in [6.45, 7) is 1.01. The Morgan fingerprint density at radius 2 is 2.44 bits per heavy atom. The van der Waals surface area contributed by atoms with Crippen LogP contribution in [0.2, 0.25) is 10.2 Å². The van der Waals surface area contributed by atoms with Gasteiger partial charge >= 0.3 is 5.97 Å². The summed E-state index contributed by atoms with van der Waals surface area (Å²) < 4.78 is 10.4. The van der Waals surface area contributed by atoms with E-state index in [1.165, 1.54) is 6.07 Å². The number of H-pyrrole nitrogens is 1. The Hall–Kier alpha value is -0.710.